The molecule has 0 radical (unpaired) electrons. The SMILES string of the molecule is CCCCCCCCC(CCCCCC)OCCOC(=O)CCN(CCCn1ccnc1C)CCC(=O)OCCOC(CCCCCC)CCCCCCCC. The largest absolute Gasteiger partial charge is 0.463 e. The third-order valence-corrected chi connectivity index (χ3v) is 11.0. The Morgan fingerprint density at radius 3 is 1.34 bits per heavy atom. The summed E-state index contributed by atoms with van der Waals surface area (Å²) in [7, 11) is 0. The van der Waals surface area contributed by atoms with Crippen LogP contribution in [0.4, 0.5) is 0 Å². The second kappa shape index (κ2) is 38.5. The molecule has 328 valence electrons. The zero-order valence-corrected chi connectivity index (χ0v) is 37.3. The number of hydrogen-bond donors (Lipinski definition) is 0. The van der Waals surface area contributed by atoms with Gasteiger partial charge in [0, 0.05) is 32.0 Å². The van der Waals surface area contributed by atoms with Crippen LogP contribution in [-0.2, 0) is 35.1 Å². The number of carbonyl (C=O) groups excluding carboxylic acids is 2. The fourth-order valence-corrected chi connectivity index (χ4v) is 7.35. The Labute approximate surface area is 345 Å². The highest BCUT2D eigenvalue weighted by Crippen LogP contribution is 2.18. The minimum absolute atomic E-state index is 0.218. The van der Waals surface area contributed by atoms with Crippen molar-refractivity contribution in [3.8, 4) is 0 Å². The molecule has 1 heterocycles. The van der Waals surface area contributed by atoms with Gasteiger partial charge in [0.25, 0.3) is 0 Å². The number of aryl methyl sites for hydroxylation is 2. The molecule has 0 aromatic carbocycles. The Morgan fingerprint density at radius 1 is 0.554 bits per heavy atom. The van der Waals surface area contributed by atoms with E-state index in [1.165, 1.54) is 128 Å². The van der Waals surface area contributed by atoms with Crippen molar-refractivity contribution in [1.29, 1.82) is 0 Å². The molecule has 1 rings (SSSR count). The first kappa shape index (κ1) is 52.0. The lowest BCUT2D eigenvalue weighted by atomic mass is 10.0. The fraction of sp³-hybridized carbons (Fsp3) is 0.894. The first-order valence-electron chi connectivity index (χ1n) is 23.7. The van der Waals surface area contributed by atoms with Crippen LogP contribution in [0, 0.1) is 6.92 Å². The Morgan fingerprint density at radius 2 is 0.946 bits per heavy atom. The van der Waals surface area contributed by atoms with Gasteiger partial charge in [-0.15, -0.1) is 0 Å². The predicted octanol–water partition coefficient (Wildman–Crippen LogP) is 12.0. The number of unbranched alkanes of at least 4 members (excludes halogenated alkanes) is 16. The van der Waals surface area contributed by atoms with E-state index in [0.717, 1.165) is 51.0 Å². The van der Waals surface area contributed by atoms with Gasteiger partial charge in [0.1, 0.15) is 19.0 Å². The van der Waals surface area contributed by atoms with E-state index in [2.05, 4.69) is 42.1 Å². The van der Waals surface area contributed by atoms with Crippen LogP contribution < -0.4 is 0 Å². The van der Waals surface area contributed by atoms with Crippen molar-refractivity contribution < 1.29 is 28.5 Å². The van der Waals surface area contributed by atoms with E-state index in [1.807, 2.05) is 19.3 Å². The lowest BCUT2D eigenvalue weighted by Crippen LogP contribution is -2.31. The predicted molar refractivity (Wildman–Crippen MR) is 232 cm³/mol. The lowest BCUT2D eigenvalue weighted by molar-refractivity contribution is -0.146. The van der Waals surface area contributed by atoms with Crippen molar-refractivity contribution in [3.05, 3.63) is 18.2 Å². The smallest absolute Gasteiger partial charge is 0.307 e. The molecule has 9 heteroatoms. The van der Waals surface area contributed by atoms with Gasteiger partial charge >= 0.3 is 11.9 Å². The number of imidazole rings is 1. The molecule has 0 spiro atoms. The maximum atomic E-state index is 12.8. The fourth-order valence-electron chi connectivity index (χ4n) is 7.35. The van der Waals surface area contributed by atoms with Crippen LogP contribution in [0.15, 0.2) is 12.4 Å². The number of ether oxygens (including phenoxy) is 4. The van der Waals surface area contributed by atoms with Gasteiger partial charge in [-0.25, -0.2) is 4.98 Å². The molecule has 0 fully saturated rings. The quantitative estimate of drug-likeness (QED) is 0.0477. The van der Waals surface area contributed by atoms with Gasteiger partial charge in [0.15, 0.2) is 0 Å². The summed E-state index contributed by atoms with van der Waals surface area (Å²) >= 11 is 0. The highest BCUT2D eigenvalue weighted by atomic mass is 16.6. The second-order valence-corrected chi connectivity index (χ2v) is 16.1. The lowest BCUT2D eigenvalue weighted by Gasteiger charge is -2.22. The van der Waals surface area contributed by atoms with Crippen LogP contribution in [0.25, 0.3) is 0 Å². The molecule has 0 amide bonds. The molecule has 0 bridgehead atoms. The van der Waals surface area contributed by atoms with Crippen molar-refractivity contribution in [2.75, 3.05) is 46.1 Å². The van der Waals surface area contributed by atoms with E-state index in [4.69, 9.17) is 18.9 Å². The van der Waals surface area contributed by atoms with Crippen LogP contribution in [-0.4, -0.2) is 84.7 Å². The molecule has 56 heavy (non-hydrogen) atoms. The van der Waals surface area contributed by atoms with E-state index in [1.54, 1.807) is 0 Å². The Bertz CT molecular complexity index is 964. The van der Waals surface area contributed by atoms with Crippen molar-refractivity contribution in [3.63, 3.8) is 0 Å². The summed E-state index contributed by atoms with van der Waals surface area (Å²) in [4.78, 5) is 32.1. The van der Waals surface area contributed by atoms with E-state index in [9.17, 15) is 9.59 Å². The second-order valence-electron chi connectivity index (χ2n) is 16.1. The van der Waals surface area contributed by atoms with Crippen molar-refractivity contribution in [1.82, 2.24) is 14.5 Å². The summed E-state index contributed by atoms with van der Waals surface area (Å²) in [6, 6.07) is 0. The molecule has 2 unspecified atom stereocenters. The summed E-state index contributed by atoms with van der Waals surface area (Å²) in [6.07, 6.45) is 35.5. The standard InChI is InChI=1S/C47H89N3O6/c1-6-10-14-18-20-24-29-44(27-22-16-12-8-3)53-39-41-55-46(51)31-36-49(34-26-35-50-38-33-48-43(50)5)37-32-47(52)56-42-40-54-45(28-23-17-13-9-4)30-25-21-19-15-11-7-2/h33,38,44-45H,6-32,34-37,39-42H2,1-5H3. The maximum absolute atomic E-state index is 12.8. The monoisotopic (exact) mass is 792 g/mol. The van der Waals surface area contributed by atoms with Crippen molar-refractivity contribution in [2.24, 2.45) is 0 Å². The highest BCUT2D eigenvalue weighted by molar-refractivity contribution is 5.70. The zero-order chi connectivity index (χ0) is 40.7. The number of hydrogen-bond acceptors (Lipinski definition) is 8. The topological polar surface area (TPSA) is 92.1 Å². The molecule has 0 saturated carbocycles. The number of rotatable bonds is 42. The number of aromatic nitrogens is 2. The molecule has 0 aliphatic rings. The number of esters is 2. The van der Waals surface area contributed by atoms with E-state index < -0.39 is 0 Å². The highest BCUT2D eigenvalue weighted by Gasteiger charge is 2.15. The molecular formula is C47H89N3O6. The zero-order valence-electron chi connectivity index (χ0n) is 37.3. The van der Waals surface area contributed by atoms with E-state index >= 15 is 0 Å². The summed E-state index contributed by atoms with van der Waals surface area (Å²) in [5, 5.41) is 0. The summed E-state index contributed by atoms with van der Waals surface area (Å²) in [5.41, 5.74) is 0. The average Bonchev–Trinajstić information content (AvgIpc) is 3.61. The Balaban J connectivity index is 2.51. The third-order valence-electron chi connectivity index (χ3n) is 11.0. The summed E-state index contributed by atoms with van der Waals surface area (Å²) in [6.45, 7) is 15.1. The third kappa shape index (κ3) is 31.1. The van der Waals surface area contributed by atoms with Crippen LogP contribution in [0.1, 0.15) is 207 Å². The van der Waals surface area contributed by atoms with Gasteiger partial charge in [0.2, 0.25) is 0 Å². The normalized spacial score (nSPS) is 12.7. The van der Waals surface area contributed by atoms with Crippen LogP contribution in [0.5, 0.6) is 0 Å². The van der Waals surface area contributed by atoms with Crippen molar-refractivity contribution in [2.45, 2.75) is 227 Å². The van der Waals surface area contributed by atoms with Gasteiger partial charge in [0.05, 0.1) is 38.3 Å². The van der Waals surface area contributed by atoms with Crippen LogP contribution in [0.3, 0.4) is 0 Å². The van der Waals surface area contributed by atoms with Crippen LogP contribution in [0.2, 0.25) is 0 Å². The van der Waals surface area contributed by atoms with Crippen LogP contribution >= 0.6 is 0 Å². The first-order chi connectivity index (χ1) is 27.4. The molecule has 1 aromatic heterocycles. The summed E-state index contributed by atoms with van der Waals surface area (Å²) in [5.74, 6) is 0.548. The average molecular weight is 792 g/mol. The molecule has 0 aliphatic carbocycles. The number of nitrogens with zero attached hydrogens (tertiary/aromatic N) is 3. The molecule has 0 N–H and O–H groups in total. The molecule has 0 saturated heterocycles. The van der Waals surface area contributed by atoms with Crippen molar-refractivity contribution >= 4 is 11.9 Å². The van der Waals surface area contributed by atoms with Gasteiger partial charge in [-0.05, 0) is 45.6 Å². The van der Waals surface area contributed by atoms with E-state index in [-0.39, 0.29) is 50.2 Å². The molecule has 2 atom stereocenters. The maximum Gasteiger partial charge on any atom is 0.307 e. The van der Waals surface area contributed by atoms with Gasteiger partial charge in [-0.1, -0.05) is 156 Å². The molecular weight excluding hydrogens is 703 g/mol. The molecule has 0 aliphatic heterocycles. The first-order valence-corrected chi connectivity index (χ1v) is 23.7. The Kier molecular flexibility index (Phi) is 35.8. The summed E-state index contributed by atoms with van der Waals surface area (Å²) < 4.78 is 25.9. The minimum Gasteiger partial charge on any atom is -0.463 e. The van der Waals surface area contributed by atoms with Gasteiger partial charge in [-0.3, -0.25) is 9.59 Å². The molecule has 1 aromatic rings. The molecule has 9 nitrogen and oxygen atoms in total. The minimum atomic E-state index is -0.218. The van der Waals surface area contributed by atoms with Gasteiger partial charge in [-0.2, -0.15) is 0 Å². The van der Waals surface area contributed by atoms with E-state index in [0.29, 0.717) is 26.3 Å². The van der Waals surface area contributed by atoms with Gasteiger partial charge < -0.3 is 28.4 Å². The number of carbonyl (C=O) groups is 2. The Hall–Kier alpha value is -1.97.